The fourth-order valence-electron chi connectivity index (χ4n) is 3.83. The van der Waals surface area contributed by atoms with E-state index in [9.17, 15) is 9.90 Å². The van der Waals surface area contributed by atoms with E-state index in [1.165, 1.54) is 5.56 Å². The minimum atomic E-state index is -0.0181. The van der Waals surface area contributed by atoms with Gasteiger partial charge in [0.1, 0.15) is 0 Å². The van der Waals surface area contributed by atoms with Gasteiger partial charge in [0, 0.05) is 57.3 Å². The minimum Gasteiger partial charge on any atom is -0.396 e. The summed E-state index contributed by atoms with van der Waals surface area (Å²) >= 11 is 0. The van der Waals surface area contributed by atoms with Crippen LogP contribution in [0.4, 0.5) is 0 Å². The Morgan fingerprint density at radius 1 is 1.10 bits per heavy atom. The highest BCUT2D eigenvalue weighted by Gasteiger charge is 2.22. The lowest BCUT2D eigenvalue weighted by atomic mass is 10.1. The Balaban J connectivity index is 1.65. The number of aliphatic hydroxyl groups is 1. The number of aromatic nitrogens is 1. The molecule has 0 radical (unpaired) electrons. The number of morpholine rings is 1. The van der Waals surface area contributed by atoms with Gasteiger partial charge in [-0.25, -0.2) is 0 Å². The van der Waals surface area contributed by atoms with Crippen molar-refractivity contribution in [3.63, 3.8) is 0 Å². The molecule has 3 rings (SSSR count). The molecule has 1 aliphatic heterocycles. The first-order valence-electron chi connectivity index (χ1n) is 10.3. The zero-order chi connectivity index (χ0) is 20.6. The van der Waals surface area contributed by atoms with Crippen molar-refractivity contribution >= 4 is 5.91 Å². The van der Waals surface area contributed by atoms with Crippen molar-refractivity contribution in [2.24, 2.45) is 0 Å². The topological polar surface area (TPSA) is 65.9 Å². The number of aliphatic hydroxyl groups excluding tert-OH is 1. The van der Waals surface area contributed by atoms with E-state index in [1.54, 1.807) is 17.3 Å². The molecule has 6 nitrogen and oxygen atoms in total. The fraction of sp³-hybridized carbons (Fsp3) is 0.478. The van der Waals surface area contributed by atoms with Crippen LogP contribution in [0, 0.1) is 0 Å². The van der Waals surface area contributed by atoms with Gasteiger partial charge < -0.3 is 14.7 Å². The summed E-state index contributed by atoms with van der Waals surface area (Å²) < 4.78 is 5.80. The maximum Gasteiger partial charge on any atom is 0.254 e. The number of nitrogens with zero attached hydrogens (tertiary/aromatic N) is 3. The van der Waals surface area contributed by atoms with Crippen molar-refractivity contribution in [3.05, 3.63) is 65.5 Å². The average molecular weight is 398 g/mol. The predicted molar refractivity (Wildman–Crippen MR) is 112 cm³/mol. The Hall–Kier alpha value is -2.28. The summed E-state index contributed by atoms with van der Waals surface area (Å²) in [6, 6.07) is 11.7. The van der Waals surface area contributed by atoms with Gasteiger partial charge in [0.25, 0.3) is 5.91 Å². The number of carbonyl (C=O) groups excluding carboxylic acids is 1. The molecule has 2 atom stereocenters. The van der Waals surface area contributed by atoms with Gasteiger partial charge in [0.15, 0.2) is 0 Å². The molecule has 1 saturated heterocycles. The number of pyridine rings is 1. The number of benzene rings is 1. The molecule has 0 aliphatic carbocycles. The van der Waals surface area contributed by atoms with E-state index in [-0.39, 0.29) is 24.7 Å². The van der Waals surface area contributed by atoms with Crippen molar-refractivity contribution in [1.29, 1.82) is 0 Å². The maximum absolute atomic E-state index is 13.0. The van der Waals surface area contributed by atoms with Crippen molar-refractivity contribution in [1.82, 2.24) is 14.8 Å². The summed E-state index contributed by atoms with van der Waals surface area (Å²) in [4.78, 5) is 21.3. The van der Waals surface area contributed by atoms with E-state index in [4.69, 9.17) is 4.74 Å². The maximum atomic E-state index is 13.0. The number of ether oxygens (including phenoxy) is 1. The molecule has 0 spiro atoms. The lowest BCUT2D eigenvalue weighted by Gasteiger charge is -2.35. The smallest absolute Gasteiger partial charge is 0.254 e. The van der Waals surface area contributed by atoms with Crippen LogP contribution >= 0.6 is 0 Å². The first-order chi connectivity index (χ1) is 14.0. The third-order valence-corrected chi connectivity index (χ3v) is 5.10. The van der Waals surface area contributed by atoms with Crippen LogP contribution in [-0.2, 0) is 17.8 Å². The number of amides is 1. The van der Waals surface area contributed by atoms with Crippen LogP contribution in [-0.4, -0.2) is 64.2 Å². The van der Waals surface area contributed by atoms with Gasteiger partial charge in [0.2, 0.25) is 0 Å². The van der Waals surface area contributed by atoms with Crippen LogP contribution in [0.3, 0.4) is 0 Å². The van der Waals surface area contributed by atoms with Gasteiger partial charge in [-0.3, -0.25) is 14.7 Å². The number of carbonyl (C=O) groups is 1. The van der Waals surface area contributed by atoms with Gasteiger partial charge in [-0.15, -0.1) is 0 Å². The Morgan fingerprint density at radius 2 is 1.76 bits per heavy atom. The largest absolute Gasteiger partial charge is 0.396 e. The Morgan fingerprint density at radius 3 is 2.38 bits per heavy atom. The zero-order valence-electron chi connectivity index (χ0n) is 17.3. The second kappa shape index (κ2) is 10.5. The van der Waals surface area contributed by atoms with Crippen LogP contribution in [0.15, 0.2) is 48.8 Å². The quantitative estimate of drug-likeness (QED) is 0.742. The van der Waals surface area contributed by atoms with Gasteiger partial charge >= 0.3 is 0 Å². The van der Waals surface area contributed by atoms with Crippen LogP contribution in [0.2, 0.25) is 0 Å². The second-order valence-electron chi connectivity index (χ2n) is 7.81. The highest BCUT2D eigenvalue weighted by Crippen LogP contribution is 2.16. The van der Waals surface area contributed by atoms with E-state index < -0.39 is 0 Å². The third kappa shape index (κ3) is 6.35. The summed E-state index contributed by atoms with van der Waals surface area (Å²) in [5.41, 5.74) is 2.89. The van der Waals surface area contributed by atoms with E-state index >= 15 is 0 Å². The molecule has 0 unspecified atom stereocenters. The molecule has 2 heterocycles. The Bertz CT molecular complexity index is 757. The summed E-state index contributed by atoms with van der Waals surface area (Å²) in [5.74, 6) is -0.0181. The molecule has 0 bridgehead atoms. The van der Waals surface area contributed by atoms with Gasteiger partial charge in [0.05, 0.1) is 12.2 Å². The SMILES string of the molecule is C[C@H]1CN(Cc2ccc(C(=O)N(CCCO)Cc3ccncc3)cc2)C[C@H](C)O1. The van der Waals surface area contributed by atoms with E-state index in [1.807, 2.05) is 36.4 Å². The lowest BCUT2D eigenvalue weighted by Crippen LogP contribution is -2.44. The summed E-state index contributed by atoms with van der Waals surface area (Å²) in [6.07, 6.45) is 4.50. The highest BCUT2D eigenvalue weighted by molar-refractivity contribution is 5.94. The molecule has 2 aromatic rings. The summed E-state index contributed by atoms with van der Waals surface area (Å²) in [6.45, 7) is 8.00. The van der Waals surface area contributed by atoms with Crippen molar-refractivity contribution in [2.75, 3.05) is 26.2 Å². The van der Waals surface area contributed by atoms with Gasteiger partial charge in [-0.05, 0) is 55.7 Å². The van der Waals surface area contributed by atoms with E-state index in [0.29, 0.717) is 25.1 Å². The minimum absolute atomic E-state index is 0.0181. The molecule has 1 N–H and O–H groups in total. The standard InChI is InChI=1S/C23H31N3O3/c1-18-14-25(15-19(2)29-18)16-20-4-6-22(7-5-20)23(28)26(12-3-13-27)17-21-8-10-24-11-9-21/h4-11,18-19,27H,3,12-17H2,1-2H3/t18-,19-/m0/s1. The first kappa shape index (κ1) is 21.4. The van der Waals surface area contributed by atoms with E-state index in [2.05, 4.69) is 23.7 Å². The lowest BCUT2D eigenvalue weighted by molar-refractivity contribution is -0.0704. The number of hydrogen-bond acceptors (Lipinski definition) is 5. The van der Waals surface area contributed by atoms with Crippen molar-refractivity contribution in [2.45, 2.75) is 45.6 Å². The summed E-state index contributed by atoms with van der Waals surface area (Å²) in [7, 11) is 0. The first-order valence-corrected chi connectivity index (χ1v) is 10.3. The van der Waals surface area contributed by atoms with Crippen LogP contribution < -0.4 is 0 Å². The highest BCUT2D eigenvalue weighted by atomic mass is 16.5. The molecule has 1 amide bonds. The summed E-state index contributed by atoms with van der Waals surface area (Å²) in [5, 5.41) is 9.20. The molecule has 1 aliphatic rings. The molecular formula is C23H31N3O3. The monoisotopic (exact) mass is 397 g/mol. The van der Waals surface area contributed by atoms with Crippen LogP contribution in [0.1, 0.15) is 41.8 Å². The molecule has 156 valence electrons. The second-order valence-corrected chi connectivity index (χ2v) is 7.81. The Labute approximate surface area is 173 Å². The molecule has 6 heteroatoms. The fourth-order valence-corrected chi connectivity index (χ4v) is 3.83. The van der Waals surface area contributed by atoms with E-state index in [0.717, 1.165) is 25.2 Å². The Kier molecular flexibility index (Phi) is 7.75. The predicted octanol–water partition coefficient (Wildman–Crippen LogP) is 2.72. The molecule has 1 aromatic carbocycles. The van der Waals surface area contributed by atoms with Crippen LogP contribution in [0.5, 0.6) is 0 Å². The molecular weight excluding hydrogens is 366 g/mol. The molecule has 1 fully saturated rings. The van der Waals surface area contributed by atoms with Crippen LogP contribution in [0.25, 0.3) is 0 Å². The third-order valence-electron chi connectivity index (χ3n) is 5.10. The zero-order valence-corrected chi connectivity index (χ0v) is 17.3. The van der Waals surface area contributed by atoms with Crippen molar-refractivity contribution < 1.29 is 14.6 Å². The van der Waals surface area contributed by atoms with Gasteiger partial charge in [-0.2, -0.15) is 0 Å². The molecule has 0 saturated carbocycles. The van der Waals surface area contributed by atoms with Crippen molar-refractivity contribution in [3.8, 4) is 0 Å². The molecule has 29 heavy (non-hydrogen) atoms. The number of rotatable bonds is 8. The molecule has 1 aromatic heterocycles. The van der Waals surface area contributed by atoms with Gasteiger partial charge in [-0.1, -0.05) is 12.1 Å². The average Bonchev–Trinajstić information content (AvgIpc) is 2.71. The number of hydrogen-bond donors (Lipinski definition) is 1. The normalized spacial score (nSPS) is 19.8.